The molecule has 1 amide bonds. The number of phenols is 1. The Hall–Kier alpha value is -2.82. The summed E-state index contributed by atoms with van der Waals surface area (Å²) < 4.78 is 5.51. The van der Waals surface area contributed by atoms with Gasteiger partial charge in [-0.05, 0) is 32.4 Å². The number of esters is 1. The summed E-state index contributed by atoms with van der Waals surface area (Å²) in [5, 5.41) is 10.1. The van der Waals surface area contributed by atoms with Crippen molar-refractivity contribution in [3.05, 3.63) is 65.2 Å². The fraction of sp³-hybridized carbons (Fsp3) is 0.300. The lowest BCUT2D eigenvalue weighted by Gasteiger charge is -2.25. The second kappa shape index (κ2) is 8.33. The number of ether oxygens (including phenoxy) is 1. The molecule has 132 valence electrons. The van der Waals surface area contributed by atoms with Crippen LogP contribution in [0.5, 0.6) is 5.75 Å². The number of carbonyl (C=O) groups excluding carboxylic acids is 2. The fourth-order valence-electron chi connectivity index (χ4n) is 2.58. The molecule has 0 heterocycles. The topological polar surface area (TPSA) is 66.8 Å². The van der Waals surface area contributed by atoms with Crippen LogP contribution in [0, 0.1) is 6.92 Å². The summed E-state index contributed by atoms with van der Waals surface area (Å²) in [6.07, 6.45) is -1.05. The van der Waals surface area contributed by atoms with Crippen LogP contribution in [-0.4, -0.2) is 35.0 Å². The molecule has 1 N–H and O–H groups in total. The number of amides is 1. The molecule has 25 heavy (non-hydrogen) atoms. The van der Waals surface area contributed by atoms with E-state index in [9.17, 15) is 14.7 Å². The Morgan fingerprint density at radius 1 is 1.04 bits per heavy atom. The first kappa shape index (κ1) is 18.5. The Labute approximate surface area is 147 Å². The van der Waals surface area contributed by atoms with E-state index >= 15 is 0 Å². The van der Waals surface area contributed by atoms with Gasteiger partial charge < -0.3 is 14.7 Å². The van der Waals surface area contributed by atoms with E-state index in [4.69, 9.17) is 4.74 Å². The first-order valence-corrected chi connectivity index (χ1v) is 8.32. The monoisotopic (exact) mass is 341 g/mol. The third kappa shape index (κ3) is 4.18. The van der Waals surface area contributed by atoms with E-state index < -0.39 is 12.1 Å². The van der Waals surface area contributed by atoms with Gasteiger partial charge in [0.05, 0.1) is 0 Å². The number of phenolic OH excluding ortho intramolecular Hbond substituents is 1. The van der Waals surface area contributed by atoms with Crippen molar-refractivity contribution in [1.82, 2.24) is 4.90 Å². The number of benzene rings is 2. The summed E-state index contributed by atoms with van der Waals surface area (Å²) in [5.41, 5.74) is 1.22. The zero-order valence-electron chi connectivity index (χ0n) is 14.7. The third-order valence-electron chi connectivity index (χ3n) is 4.08. The summed E-state index contributed by atoms with van der Waals surface area (Å²) in [4.78, 5) is 27.0. The van der Waals surface area contributed by atoms with Gasteiger partial charge in [-0.1, -0.05) is 42.5 Å². The highest BCUT2D eigenvalue weighted by molar-refractivity contribution is 5.95. The maximum Gasteiger partial charge on any atom is 0.343 e. The molecule has 0 aliphatic heterocycles. The van der Waals surface area contributed by atoms with Gasteiger partial charge in [-0.2, -0.15) is 0 Å². The molecule has 0 bridgehead atoms. The minimum atomic E-state index is -1.05. The van der Waals surface area contributed by atoms with E-state index in [2.05, 4.69) is 0 Å². The largest absolute Gasteiger partial charge is 0.507 e. The van der Waals surface area contributed by atoms with Gasteiger partial charge in [-0.3, -0.25) is 4.79 Å². The molecule has 1 atom stereocenters. The molecule has 2 aromatic rings. The Kier molecular flexibility index (Phi) is 6.17. The molecule has 0 aliphatic carbocycles. The quantitative estimate of drug-likeness (QED) is 0.817. The molecular weight excluding hydrogens is 318 g/mol. The first-order valence-electron chi connectivity index (χ1n) is 8.32. The second-order valence-electron chi connectivity index (χ2n) is 5.68. The zero-order valence-corrected chi connectivity index (χ0v) is 14.7. The highest BCUT2D eigenvalue weighted by Crippen LogP contribution is 2.26. The summed E-state index contributed by atoms with van der Waals surface area (Å²) in [7, 11) is 0. The SMILES string of the molecule is CCN(CC)C(=O)[C@H](OC(=O)c1cccc(C)c1O)c1ccccc1. The van der Waals surface area contributed by atoms with Crippen LogP contribution in [-0.2, 0) is 9.53 Å². The fourth-order valence-corrected chi connectivity index (χ4v) is 2.58. The predicted molar refractivity (Wildman–Crippen MR) is 95.4 cm³/mol. The number of nitrogens with zero attached hydrogens (tertiary/aromatic N) is 1. The molecule has 2 rings (SSSR count). The van der Waals surface area contributed by atoms with Gasteiger partial charge in [0.1, 0.15) is 11.3 Å². The van der Waals surface area contributed by atoms with Crippen molar-refractivity contribution in [3.63, 3.8) is 0 Å². The minimum absolute atomic E-state index is 0.0493. The molecule has 0 aliphatic rings. The normalized spacial score (nSPS) is 11.6. The molecular formula is C20H23NO4. The van der Waals surface area contributed by atoms with Crippen LogP contribution in [0.15, 0.2) is 48.5 Å². The molecule has 0 saturated heterocycles. The number of para-hydroxylation sites is 1. The van der Waals surface area contributed by atoms with Crippen LogP contribution in [0.3, 0.4) is 0 Å². The molecule has 5 nitrogen and oxygen atoms in total. The van der Waals surface area contributed by atoms with E-state index in [1.807, 2.05) is 19.9 Å². The Morgan fingerprint density at radius 2 is 1.68 bits per heavy atom. The Balaban J connectivity index is 2.35. The lowest BCUT2D eigenvalue weighted by Crippen LogP contribution is -2.36. The summed E-state index contributed by atoms with van der Waals surface area (Å²) in [6, 6.07) is 13.7. The van der Waals surface area contributed by atoms with E-state index in [0.717, 1.165) is 0 Å². The molecule has 0 aromatic heterocycles. The summed E-state index contributed by atoms with van der Waals surface area (Å²) in [5.74, 6) is -1.14. The van der Waals surface area contributed by atoms with Crippen LogP contribution >= 0.6 is 0 Å². The minimum Gasteiger partial charge on any atom is -0.507 e. The van der Waals surface area contributed by atoms with Crippen LogP contribution in [0.4, 0.5) is 0 Å². The van der Waals surface area contributed by atoms with Crippen molar-refractivity contribution in [2.75, 3.05) is 13.1 Å². The van der Waals surface area contributed by atoms with Crippen LogP contribution < -0.4 is 0 Å². The average molecular weight is 341 g/mol. The van der Waals surface area contributed by atoms with Crippen LogP contribution in [0.2, 0.25) is 0 Å². The molecule has 2 aromatic carbocycles. The van der Waals surface area contributed by atoms with Gasteiger partial charge in [0.15, 0.2) is 0 Å². The third-order valence-corrected chi connectivity index (χ3v) is 4.08. The predicted octanol–water partition coefficient (Wildman–Crippen LogP) is 3.47. The number of hydrogen-bond acceptors (Lipinski definition) is 4. The number of rotatable bonds is 6. The standard InChI is InChI=1S/C20H23NO4/c1-4-21(5-2)19(23)18(15-11-7-6-8-12-15)25-20(24)16-13-9-10-14(3)17(16)22/h6-13,18,22H,4-5H2,1-3H3/t18-/m1/s1. The number of aromatic hydroxyl groups is 1. The summed E-state index contributed by atoms with van der Waals surface area (Å²) in [6.45, 7) is 6.48. The summed E-state index contributed by atoms with van der Waals surface area (Å²) >= 11 is 0. The van der Waals surface area contributed by atoms with Gasteiger partial charge in [-0.25, -0.2) is 4.79 Å². The van der Waals surface area contributed by atoms with Gasteiger partial charge in [-0.15, -0.1) is 0 Å². The van der Waals surface area contributed by atoms with Crippen molar-refractivity contribution >= 4 is 11.9 Å². The maximum atomic E-state index is 12.8. The Morgan fingerprint density at radius 3 is 2.28 bits per heavy atom. The zero-order chi connectivity index (χ0) is 18.4. The smallest absolute Gasteiger partial charge is 0.343 e. The highest BCUT2D eigenvalue weighted by atomic mass is 16.5. The van der Waals surface area contributed by atoms with Crippen molar-refractivity contribution in [3.8, 4) is 5.75 Å². The Bertz CT molecular complexity index is 739. The molecule has 0 spiro atoms. The molecule has 0 radical (unpaired) electrons. The van der Waals surface area contributed by atoms with Crippen molar-refractivity contribution in [2.45, 2.75) is 26.9 Å². The lowest BCUT2D eigenvalue weighted by atomic mass is 10.1. The second-order valence-corrected chi connectivity index (χ2v) is 5.68. The van der Waals surface area contributed by atoms with Gasteiger partial charge >= 0.3 is 5.97 Å². The van der Waals surface area contributed by atoms with Crippen LogP contribution in [0.25, 0.3) is 0 Å². The van der Waals surface area contributed by atoms with Gasteiger partial charge in [0, 0.05) is 18.7 Å². The van der Waals surface area contributed by atoms with Crippen molar-refractivity contribution in [2.24, 2.45) is 0 Å². The lowest BCUT2D eigenvalue weighted by molar-refractivity contribution is -0.140. The molecule has 0 unspecified atom stereocenters. The number of carbonyl (C=O) groups is 2. The molecule has 0 fully saturated rings. The van der Waals surface area contributed by atoms with Gasteiger partial charge in [0.2, 0.25) is 6.10 Å². The molecule has 5 heteroatoms. The van der Waals surface area contributed by atoms with Crippen LogP contribution in [0.1, 0.15) is 41.4 Å². The highest BCUT2D eigenvalue weighted by Gasteiger charge is 2.29. The van der Waals surface area contributed by atoms with Crippen molar-refractivity contribution in [1.29, 1.82) is 0 Å². The van der Waals surface area contributed by atoms with Crippen molar-refractivity contribution < 1.29 is 19.4 Å². The average Bonchev–Trinajstić information content (AvgIpc) is 2.63. The molecule has 0 saturated carbocycles. The van der Waals surface area contributed by atoms with E-state index in [0.29, 0.717) is 24.2 Å². The maximum absolute atomic E-state index is 12.8. The van der Waals surface area contributed by atoms with Gasteiger partial charge in [0.25, 0.3) is 5.91 Å². The number of likely N-dealkylation sites (N-methyl/N-ethyl adjacent to an activating group) is 1. The van der Waals surface area contributed by atoms with E-state index in [1.54, 1.807) is 48.2 Å². The van der Waals surface area contributed by atoms with E-state index in [-0.39, 0.29) is 17.2 Å². The van der Waals surface area contributed by atoms with E-state index in [1.165, 1.54) is 6.07 Å². The first-order chi connectivity index (χ1) is 12.0. The number of hydrogen-bond donors (Lipinski definition) is 1. The number of aryl methyl sites for hydroxylation is 1.